The zero-order valence-corrected chi connectivity index (χ0v) is 11.7. The van der Waals surface area contributed by atoms with Crippen LogP contribution in [0.2, 0.25) is 0 Å². The lowest BCUT2D eigenvalue weighted by Crippen LogP contribution is -2.18. The molecule has 1 aromatic rings. The molecule has 0 fully saturated rings. The molecule has 1 rings (SSSR count). The predicted molar refractivity (Wildman–Crippen MR) is 77.3 cm³/mol. The Hall–Kier alpha value is -1.77. The first-order valence-corrected chi connectivity index (χ1v) is 6.19. The van der Waals surface area contributed by atoms with Gasteiger partial charge in [0.05, 0.1) is 7.11 Å². The van der Waals surface area contributed by atoms with Gasteiger partial charge in [-0.05, 0) is 35.8 Å². The zero-order chi connectivity index (χ0) is 13.5. The summed E-state index contributed by atoms with van der Waals surface area (Å²) in [6, 6.07) is 8.00. The van der Waals surface area contributed by atoms with E-state index >= 15 is 0 Å². The highest BCUT2D eigenvalue weighted by molar-refractivity contribution is 5.96. The maximum atomic E-state index is 7.90. The second-order valence-corrected chi connectivity index (χ2v) is 4.43. The molecular weight excluding hydrogens is 224 g/mol. The average Bonchev–Trinajstić information content (AvgIpc) is 2.38. The summed E-state index contributed by atoms with van der Waals surface area (Å²) in [5.41, 5.74) is 2.35. The van der Waals surface area contributed by atoms with E-state index in [9.17, 15) is 0 Å². The van der Waals surface area contributed by atoms with E-state index in [1.165, 1.54) is 5.57 Å². The van der Waals surface area contributed by atoms with Crippen molar-refractivity contribution in [1.82, 2.24) is 4.90 Å². The van der Waals surface area contributed by atoms with E-state index in [0.29, 0.717) is 5.84 Å². The van der Waals surface area contributed by atoms with E-state index in [-0.39, 0.29) is 0 Å². The lowest BCUT2D eigenvalue weighted by atomic mass is 10.0. The molecule has 18 heavy (non-hydrogen) atoms. The van der Waals surface area contributed by atoms with E-state index in [0.717, 1.165) is 24.2 Å². The summed E-state index contributed by atoms with van der Waals surface area (Å²) in [6.07, 6.45) is 3.98. The highest BCUT2D eigenvalue weighted by Crippen LogP contribution is 2.22. The number of methoxy groups -OCH3 is 1. The van der Waals surface area contributed by atoms with Crippen LogP contribution < -0.4 is 4.74 Å². The van der Waals surface area contributed by atoms with Gasteiger partial charge in [-0.2, -0.15) is 0 Å². The highest BCUT2D eigenvalue weighted by Gasteiger charge is 2.04. The number of hydrogen-bond donors (Lipinski definition) is 1. The van der Waals surface area contributed by atoms with E-state index in [1.807, 2.05) is 44.4 Å². The number of nitrogens with one attached hydrogen (secondary N) is 1. The maximum Gasteiger partial charge on any atom is 0.120 e. The molecule has 0 atom stereocenters. The topological polar surface area (TPSA) is 36.3 Å². The molecule has 0 amide bonds. The minimum Gasteiger partial charge on any atom is -0.497 e. The average molecular weight is 246 g/mol. The molecule has 0 spiro atoms. The lowest BCUT2D eigenvalue weighted by Gasteiger charge is -2.13. The summed E-state index contributed by atoms with van der Waals surface area (Å²) >= 11 is 0. The molecule has 0 unspecified atom stereocenters. The number of ether oxygens (including phenoxy) is 1. The van der Waals surface area contributed by atoms with Crippen molar-refractivity contribution in [3.05, 3.63) is 35.9 Å². The third kappa shape index (κ3) is 3.91. The van der Waals surface area contributed by atoms with Crippen LogP contribution in [0.3, 0.4) is 0 Å². The van der Waals surface area contributed by atoms with Crippen LogP contribution in [0.4, 0.5) is 0 Å². The molecule has 0 radical (unpaired) electrons. The van der Waals surface area contributed by atoms with Crippen LogP contribution >= 0.6 is 0 Å². The minimum absolute atomic E-state index is 0.522. The summed E-state index contributed by atoms with van der Waals surface area (Å²) in [5.74, 6) is 1.38. The van der Waals surface area contributed by atoms with Crippen molar-refractivity contribution in [3.8, 4) is 5.75 Å². The van der Waals surface area contributed by atoms with Crippen molar-refractivity contribution < 1.29 is 4.74 Å². The van der Waals surface area contributed by atoms with Gasteiger partial charge in [0.2, 0.25) is 0 Å². The normalized spacial score (nSPS) is 11.2. The van der Waals surface area contributed by atoms with E-state index in [1.54, 1.807) is 12.0 Å². The monoisotopic (exact) mass is 246 g/mol. The molecular formula is C15H22N2O. The van der Waals surface area contributed by atoms with Crippen molar-refractivity contribution in [3.63, 3.8) is 0 Å². The van der Waals surface area contributed by atoms with Crippen LogP contribution in [-0.4, -0.2) is 31.9 Å². The van der Waals surface area contributed by atoms with Gasteiger partial charge in [0.25, 0.3) is 0 Å². The number of rotatable bonds is 5. The van der Waals surface area contributed by atoms with Gasteiger partial charge in [-0.15, -0.1) is 0 Å². The van der Waals surface area contributed by atoms with Gasteiger partial charge in [-0.25, -0.2) is 0 Å². The number of benzene rings is 1. The van der Waals surface area contributed by atoms with E-state index in [2.05, 4.69) is 6.92 Å². The molecule has 1 aromatic carbocycles. The van der Waals surface area contributed by atoms with Crippen LogP contribution in [0, 0.1) is 5.41 Å². The fourth-order valence-corrected chi connectivity index (χ4v) is 1.67. The number of hydrogen-bond acceptors (Lipinski definition) is 2. The molecule has 0 saturated carbocycles. The molecule has 98 valence electrons. The molecule has 1 N–H and O–H groups in total. The van der Waals surface area contributed by atoms with Crippen molar-refractivity contribution in [2.45, 2.75) is 19.8 Å². The smallest absolute Gasteiger partial charge is 0.120 e. The Morgan fingerprint density at radius 1 is 1.28 bits per heavy atom. The van der Waals surface area contributed by atoms with Gasteiger partial charge >= 0.3 is 0 Å². The SMILES string of the molecule is CCC/C(=C\C(=N)N(C)C)c1ccc(OC)cc1. The maximum absolute atomic E-state index is 7.90. The number of likely N-dealkylation sites (N-methyl/N-ethyl adjacent to an activating group) is 1. The summed E-state index contributed by atoms with van der Waals surface area (Å²) in [5, 5.41) is 7.90. The van der Waals surface area contributed by atoms with Gasteiger partial charge < -0.3 is 9.64 Å². The largest absolute Gasteiger partial charge is 0.497 e. The van der Waals surface area contributed by atoms with E-state index < -0.39 is 0 Å². The fourth-order valence-electron chi connectivity index (χ4n) is 1.67. The Morgan fingerprint density at radius 3 is 2.33 bits per heavy atom. The fraction of sp³-hybridized carbons (Fsp3) is 0.400. The van der Waals surface area contributed by atoms with Crippen LogP contribution in [0.5, 0.6) is 5.75 Å². The van der Waals surface area contributed by atoms with Crippen molar-refractivity contribution in [1.29, 1.82) is 5.41 Å². The molecule has 0 saturated heterocycles. The molecule has 3 nitrogen and oxygen atoms in total. The van der Waals surface area contributed by atoms with Gasteiger partial charge in [-0.1, -0.05) is 25.5 Å². The first-order chi connectivity index (χ1) is 8.58. The predicted octanol–water partition coefficient (Wildman–Crippen LogP) is 3.42. The highest BCUT2D eigenvalue weighted by atomic mass is 16.5. The van der Waals surface area contributed by atoms with Crippen molar-refractivity contribution in [2.24, 2.45) is 0 Å². The number of nitrogens with zero attached hydrogens (tertiary/aromatic N) is 1. The Morgan fingerprint density at radius 2 is 1.89 bits per heavy atom. The Kier molecular flexibility index (Phi) is 5.43. The summed E-state index contributed by atoms with van der Waals surface area (Å²) in [6.45, 7) is 2.15. The number of amidine groups is 1. The summed E-state index contributed by atoms with van der Waals surface area (Å²) < 4.78 is 5.16. The van der Waals surface area contributed by atoms with Crippen molar-refractivity contribution in [2.75, 3.05) is 21.2 Å². The van der Waals surface area contributed by atoms with Crippen LogP contribution in [0.15, 0.2) is 30.3 Å². The molecule has 0 aliphatic rings. The molecule has 0 aromatic heterocycles. The first kappa shape index (κ1) is 14.3. The third-order valence-corrected chi connectivity index (χ3v) is 2.77. The molecule has 0 bridgehead atoms. The lowest BCUT2D eigenvalue weighted by molar-refractivity contribution is 0.415. The second-order valence-electron chi connectivity index (χ2n) is 4.43. The minimum atomic E-state index is 0.522. The standard InChI is InChI=1S/C15H22N2O/c1-5-6-13(11-15(16)17(2)3)12-7-9-14(18-4)10-8-12/h7-11,16H,5-6H2,1-4H3/b13-11+,16-15?. The van der Waals surface area contributed by atoms with Crippen LogP contribution in [0.1, 0.15) is 25.3 Å². The first-order valence-electron chi connectivity index (χ1n) is 6.19. The molecule has 0 aliphatic carbocycles. The van der Waals surface area contributed by atoms with Gasteiger partial charge in [0, 0.05) is 14.1 Å². The van der Waals surface area contributed by atoms with Gasteiger partial charge in [-0.3, -0.25) is 5.41 Å². The van der Waals surface area contributed by atoms with Crippen LogP contribution in [-0.2, 0) is 0 Å². The van der Waals surface area contributed by atoms with Crippen LogP contribution in [0.25, 0.3) is 5.57 Å². The Labute approximate surface area is 110 Å². The second kappa shape index (κ2) is 6.84. The Bertz CT molecular complexity index is 419. The summed E-state index contributed by atoms with van der Waals surface area (Å²) in [7, 11) is 5.44. The Balaban J connectivity index is 2.99. The molecule has 0 heterocycles. The number of allylic oxidation sites excluding steroid dienone is 1. The molecule has 3 heteroatoms. The third-order valence-electron chi connectivity index (χ3n) is 2.77. The zero-order valence-electron chi connectivity index (χ0n) is 11.7. The molecule has 0 aliphatic heterocycles. The quantitative estimate of drug-likeness (QED) is 0.638. The van der Waals surface area contributed by atoms with Crippen molar-refractivity contribution >= 4 is 11.4 Å². The van der Waals surface area contributed by atoms with Gasteiger partial charge in [0.1, 0.15) is 11.6 Å². The van der Waals surface area contributed by atoms with Gasteiger partial charge in [0.15, 0.2) is 0 Å². The summed E-state index contributed by atoms with van der Waals surface area (Å²) in [4.78, 5) is 1.80. The van der Waals surface area contributed by atoms with E-state index in [4.69, 9.17) is 10.1 Å².